The summed E-state index contributed by atoms with van der Waals surface area (Å²) in [6, 6.07) is 14.3. The SMILES string of the molecule is NNc1ccc(Cl)c(CN2CCC(c3ccccc3)C2)n1. The van der Waals surface area contributed by atoms with Crippen LogP contribution in [0.3, 0.4) is 0 Å². The van der Waals surface area contributed by atoms with Crippen molar-refractivity contribution in [2.24, 2.45) is 5.84 Å². The second-order valence-corrected chi connectivity index (χ2v) is 5.81. The van der Waals surface area contributed by atoms with E-state index < -0.39 is 0 Å². The van der Waals surface area contributed by atoms with Crippen LogP contribution < -0.4 is 11.3 Å². The average molecular weight is 303 g/mol. The summed E-state index contributed by atoms with van der Waals surface area (Å²) in [6.07, 6.45) is 1.18. The molecule has 0 aliphatic carbocycles. The fourth-order valence-corrected chi connectivity index (χ4v) is 3.03. The molecule has 0 bridgehead atoms. The number of anilines is 1. The Hall–Kier alpha value is -1.62. The first kappa shape index (κ1) is 14.3. The number of hydrazine groups is 1. The van der Waals surface area contributed by atoms with Gasteiger partial charge >= 0.3 is 0 Å². The number of likely N-dealkylation sites (tertiary alicyclic amines) is 1. The highest BCUT2D eigenvalue weighted by molar-refractivity contribution is 6.31. The maximum atomic E-state index is 6.23. The number of halogens is 1. The Bertz CT molecular complexity index is 602. The van der Waals surface area contributed by atoms with Crippen molar-refractivity contribution in [1.29, 1.82) is 0 Å². The van der Waals surface area contributed by atoms with Crippen LogP contribution in [-0.2, 0) is 6.54 Å². The minimum atomic E-state index is 0.598. The number of hydrogen-bond donors (Lipinski definition) is 2. The molecule has 3 rings (SSSR count). The number of nitrogens with two attached hydrogens (primary N) is 1. The fourth-order valence-electron chi connectivity index (χ4n) is 2.86. The molecule has 0 radical (unpaired) electrons. The van der Waals surface area contributed by atoms with Gasteiger partial charge in [0.15, 0.2) is 0 Å². The fraction of sp³-hybridized carbons (Fsp3) is 0.312. The molecule has 0 saturated carbocycles. The van der Waals surface area contributed by atoms with E-state index in [1.807, 2.05) is 6.07 Å². The average Bonchev–Trinajstić information content (AvgIpc) is 2.99. The van der Waals surface area contributed by atoms with Gasteiger partial charge in [0, 0.05) is 13.1 Å². The summed E-state index contributed by atoms with van der Waals surface area (Å²) in [4.78, 5) is 6.84. The zero-order chi connectivity index (χ0) is 14.7. The molecule has 1 fully saturated rings. The van der Waals surface area contributed by atoms with Gasteiger partial charge in [0.2, 0.25) is 0 Å². The number of pyridine rings is 1. The van der Waals surface area contributed by atoms with Crippen molar-refractivity contribution >= 4 is 17.4 Å². The lowest BCUT2D eigenvalue weighted by molar-refractivity contribution is 0.323. The molecule has 110 valence electrons. The number of aromatic nitrogens is 1. The summed E-state index contributed by atoms with van der Waals surface area (Å²) in [7, 11) is 0. The largest absolute Gasteiger partial charge is 0.308 e. The summed E-state index contributed by atoms with van der Waals surface area (Å²) < 4.78 is 0. The molecule has 1 aliphatic heterocycles. The minimum absolute atomic E-state index is 0.598. The number of nitrogen functional groups attached to an aromatic ring is 1. The van der Waals surface area contributed by atoms with Gasteiger partial charge in [-0.2, -0.15) is 0 Å². The Morgan fingerprint density at radius 1 is 1.24 bits per heavy atom. The Labute approximate surface area is 129 Å². The Morgan fingerprint density at radius 2 is 2.05 bits per heavy atom. The molecule has 1 saturated heterocycles. The summed E-state index contributed by atoms with van der Waals surface area (Å²) in [5.74, 6) is 6.65. The van der Waals surface area contributed by atoms with Crippen LogP contribution in [0, 0.1) is 0 Å². The first-order chi connectivity index (χ1) is 10.3. The van der Waals surface area contributed by atoms with Crippen molar-refractivity contribution in [2.75, 3.05) is 18.5 Å². The molecule has 0 amide bonds. The van der Waals surface area contributed by atoms with Crippen molar-refractivity contribution in [3.63, 3.8) is 0 Å². The second kappa shape index (κ2) is 6.43. The third-order valence-electron chi connectivity index (χ3n) is 3.98. The lowest BCUT2D eigenvalue weighted by Gasteiger charge is -2.17. The van der Waals surface area contributed by atoms with E-state index in [1.54, 1.807) is 6.07 Å². The zero-order valence-electron chi connectivity index (χ0n) is 11.8. The van der Waals surface area contributed by atoms with E-state index in [0.717, 1.165) is 25.3 Å². The van der Waals surface area contributed by atoms with Gasteiger partial charge in [-0.05, 0) is 36.6 Å². The normalized spacial score (nSPS) is 18.9. The van der Waals surface area contributed by atoms with Gasteiger partial charge in [0.25, 0.3) is 0 Å². The van der Waals surface area contributed by atoms with Gasteiger partial charge in [0.1, 0.15) is 5.82 Å². The van der Waals surface area contributed by atoms with E-state index in [2.05, 4.69) is 45.6 Å². The Balaban J connectivity index is 1.67. The summed E-state index contributed by atoms with van der Waals surface area (Å²) in [5, 5.41) is 0.692. The lowest BCUT2D eigenvalue weighted by atomic mass is 9.99. The number of hydrogen-bond acceptors (Lipinski definition) is 4. The Kier molecular flexibility index (Phi) is 4.39. The van der Waals surface area contributed by atoms with Crippen LogP contribution >= 0.6 is 11.6 Å². The van der Waals surface area contributed by atoms with E-state index >= 15 is 0 Å². The van der Waals surface area contributed by atoms with Gasteiger partial charge in [-0.1, -0.05) is 41.9 Å². The first-order valence-corrected chi connectivity index (χ1v) is 7.53. The van der Waals surface area contributed by atoms with E-state index in [4.69, 9.17) is 17.4 Å². The predicted molar refractivity (Wildman–Crippen MR) is 86.1 cm³/mol. The molecule has 4 nitrogen and oxygen atoms in total. The number of rotatable bonds is 4. The van der Waals surface area contributed by atoms with Crippen LogP contribution in [0.4, 0.5) is 5.82 Å². The molecule has 3 N–H and O–H groups in total. The smallest absolute Gasteiger partial charge is 0.140 e. The van der Waals surface area contributed by atoms with Gasteiger partial charge < -0.3 is 5.43 Å². The van der Waals surface area contributed by atoms with E-state index in [-0.39, 0.29) is 0 Å². The maximum absolute atomic E-state index is 6.23. The molecule has 21 heavy (non-hydrogen) atoms. The van der Waals surface area contributed by atoms with Crippen LogP contribution in [0.15, 0.2) is 42.5 Å². The number of nitrogens with one attached hydrogen (secondary N) is 1. The molecule has 1 aromatic heterocycles. The van der Waals surface area contributed by atoms with Crippen molar-refractivity contribution in [3.05, 3.63) is 58.7 Å². The van der Waals surface area contributed by atoms with Crippen molar-refractivity contribution in [2.45, 2.75) is 18.9 Å². The molecule has 0 spiro atoms. The summed E-state index contributed by atoms with van der Waals surface area (Å²) in [6.45, 7) is 2.87. The highest BCUT2D eigenvalue weighted by atomic mass is 35.5. The van der Waals surface area contributed by atoms with Gasteiger partial charge in [-0.25, -0.2) is 10.8 Å². The van der Waals surface area contributed by atoms with E-state index in [1.165, 1.54) is 12.0 Å². The molecule has 1 atom stereocenters. The van der Waals surface area contributed by atoms with Gasteiger partial charge in [-0.15, -0.1) is 0 Å². The number of benzene rings is 1. The maximum Gasteiger partial charge on any atom is 0.140 e. The zero-order valence-corrected chi connectivity index (χ0v) is 12.6. The second-order valence-electron chi connectivity index (χ2n) is 5.40. The van der Waals surface area contributed by atoms with Crippen LogP contribution in [-0.4, -0.2) is 23.0 Å². The third kappa shape index (κ3) is 3.35. The standard InChI is InChI=1S/C16H19ClN4/c17-14-6-7-16(20-18)19-15(14)11-21-9-8-13(10-21)12-4-2-1-3-5-12/h1-7,13H,8-11,18H2,(H,19,20). The van der Waals surface area contributed by atoms with Gasteiger partial charge in [-0.3, -0.25) is 4.90 Å². The highest BCUT2D eigenvalue weighted by Crippen LogP contribution is 2.29. The van der Waals surface area contributed by atoms with E-state index in [9.17, 15) is 0 Å². The van der Waals surface area contributed by atoms with E-state index in [0.29, 0.717) is 16.8 Å². The van der Waals surface area contributed by atoms with Crippen LogP contribution in [0.25, 0.3) is 0 Å². The topological polar surface area (TPSA) is 54.2 Å². The molecule has 2 heterocycles. The molecule has 1 unspecified atom stereocenters. The highest BCUT2D eigenvalue weighted by Gasteiger charge is 2.24. The lowest BCUT2D eigenvalue weighted by Crippen LogP contribution is -2.21. The molecular weight excluding hydrogens is 284 g/mol. The number of nitrogens with zero attached hydrogens (tertiary/aromatic N) is 2. The quantitative estimate of drug-likeness (QED) is 0.673. The van der Waals surface area contributed by atoms with Crippen molar-refractivity contribution in [3.8, 4) is 0 Å². The molecule has 2 aromatic rings. The summed E-state index contributed by atoms with van der Waals surface area (Å²) in [5.41, 5.74) is 4.85. The third-order valence-corrected chi connectivity index (χ3v) is 4.33. The monoisotopic (exact) mass is 302 g/mol. The Morgan fingerprint density at radius 3 is 2.81 bits per heavy atom. The first-order valence-electron chi connectivity index (χ1n) is 7.15. The molecule has 1 aromatic carbocycles. The van der Waals surface area contributed by atoms with Crippen molar-refractivity contribution < 1.29 is 0 Å². The van der Waals surface area contributed by atoms with Crippen LogP contribution in [0.5, 0.6) is 0 Å². The van der Waals surface area contributed by atoms with Crippen molar-refractivity contribution in [1.82, 2.24) is 9.88 Å². The molecule has 1 aliphatic rings. The van der Waals surface area contributed by atoms with Gasteiger partial charge in [0.05, 0.1) is 10.7 Å². The summed E-state index contributed by atoms with van der Waals surface area (Å²) >= 11 is 6.23. The minimum Gasteiger partial charge on any atom is -0.308 e. The van der Waals surface area contributed by atoms with Crippen LogP contribution in [0.1, 0.15) is 23.6 Å². The molecular formula is C16H19ClN4. The van der Waals surface area contributed by atoms with Crippen LogP contribution in [0.2, 0.25) is 5.02 Å². The molecule has 5 heteroatoms. The predicted octanol–water partition coefficient (Wildman–Crippen LogP) is 3.01.